The van der Waals surface area contributed by atoms with E-state index in [4.69, 9.17) is 4.74 Å². The lowest BCUT2D eigenvalue weighted by atomic mass is 10.2. The molecule has 0 radical (unpaired) electrons. The van der Waals surface area contributed by atoms with Gasteiger partial charge in [0.15, 0.2) is 6.61 Å². The number of rotatable bonds is 5. The first-order chi connectivity index (χ1) is 11.3. The Morgan fingerprint density at radius 2 is 2.30 bits per heavy atom. The first kappa shape index (κ1) is 14.6. The normalized spacial score (nSPS) is 13.2. The van der Waals surface area contributed by atoms with Gasteiger partial charge < -0.3 is 10.1 Å². The molecule has 1 N–H and O–H groups in total. The van der Waals surface area contributed by atoms with Crippen molar-refractivity contribution in [2.75, 3.05) is 6.61 Å². The fourth-order valence-corrected chi connectivity index (χ4v) is 4.66. The van der Waals surface area contributed by atoms with Crippen molar-refractivity contribution in [1.82, 2.24) is 15.3 Å². The molecule has 0 fully saturated rings. The Bertz CT molecular complexity index is 843. The second-order valence-corrected chi connectivity index (χ2v) is 7.48. The van der Waals surface area contributed by atoms with E-state index in [9.17, 15) is 4.79 Å². The topological polar surface area (TPSA) is 64.1 Å². The van der Waals surface area contributed by atoms with E-state index in [2.05, 4.69) is 15.3 Å². The third kappa shape index (κ3) is 2.94. The second kappa shape index (κ2) is 6.25. The Labute approximate surface area is 141 Å². The van der Waals surface area contributed by atoms with Crippen LogP contribution in [0.15, 0.2) is 23.8 Å². The van der Waals surface area contributed by atoms with Gasteiger partial charge in [-0.1, -0.05) is 6.07 Å². The van der Waals surface area contributed by atoms with Gasteiger partial charge >= 0.3 is 0 Å². The molecule has 1 aliphatic rings. The molecule has 5 nitrogen and oxygen atoms in total. The van der Waals surface area contributed by atoms with Crippen molar-refractivity contribution in [3.63, 3.8) is 0 Å². The molecule has 1 amide bonds. The van der Waals surface area contributed by atoms with Gasteiger partial charge in [0.05, 0.1) is 11.9 Å². The van der Waals surface area contributed by atoms with Crippen LogP contribution in [0.5, 0.6) is 5.88 Å². The largest absolute Gasteiger partial charge is 0.467 e. The maximum absolute atomic E-state index is 11.9. The molecule has 0 saturated heterocycles. The minimum Gasteiger partial charge on any atom is -0.467 e. The molecule has 0 aliphatic heterocycles. The molecule has 7 heteroatoms. The highest BCUT2D eigenvalue weighted by Crippen LogP contribution is 2.39. The third-order valence-electron chi connectivity index (χ3n) is 3.85. The van der Waals surface area contributed by atoms with Crippen molar-refractivity contribution < 1.29 is 9.53 Å². The van der Waals surface area contributed by atoms with Crippen LogP contribution in [0.2, 0.25) is 0 Å². The molecule has 0 aromatic carbocycles. The van der Waals surface area contributed by atoms with Gasteiger partial charge in [-0.3, -0.25) is 4.79 Å². The summed E-state index contributed by atoms with van der Waals surface area (Å²) in [6, 6.07) is 3.96. The lowest BCUT2D eigenvalue weighted by Crippen LogP contribution is -2.28. The number of hydrogen-bond donors (Lipinski definition) is 1. The van der Waals surface area contributed by atoms with E-state index in [1.807, 2.05) is 17.5 Å². The summed E-state index contributed by atoms with van der Waals surface area (Å²) in [5, 5.41) is 5.84. The summed E-state index contributed by atoms with van der Waals surface area (Å²) in [5.74, 6) is 0.387. The average Bonchev–Trinajstić information content (AvgIpc) is 3.26. The number of carbonyl (C=O) groups excluding carboxylic acids is 1. The molecule has 3 aromatic heterocycles. The standard InChI is InChI=1S/C16H15N3O2S2/c20-13(17-7-10-3-2-6-22-10)8-21-15-14-11-4-1-5-12(11)23-16(14)19-9-18-15/h2-3,6,9H,1,4-5,7-8H2,(H,17,20). The van der Waals surface area contributed by atoms with Gasteiger partial charge in [0, 0.05) is 9.75 Å². The molecule has 0 unspecified atom stereocenters. The first-order valence-electron chi connectivity index (χ1n) is 7.48. The van der Waals surface area contributed by atoms with Crippen molar-refractivity contribution in [1.29, 1.82) is 0 Å². The van der Waals surface area contributed by atoms with Gasteiger partial charge in [0.2, 0.25) is 5.88 Å². The minimum atomic E-state index is -0.142. The van der Waals surface area contributed by atoms with Crippen LogP contribution in [0.4, 0.5) is 0 Å². The molecule has 1 aliphatic carbocycles. The Morgan fingerprint density at radius 1 is 1.35 bits per heavy atom. The van der Waals surface area contributed by atoms with Crippen molar-refractivity contribution >= 4 is 38.8 Å². The van der Waals surface area contributed by atoms with Gasteiger partial charge in [0.25, 0.3) is 5.91 Å². The number of nitrogens with one attached hydrogen (secondary N) is 1. The number of amides is 1. The summed E-state index contributed by atoms with van der Waals surface area (Å²) in [7, 11) is 0. The number of fused-ring (bicyclic) bond motifs is 3. The van der Waals surface area contributed by atoms with Gasteiger partial charge in [-0.25, -0.2) is 9.97 Å². The quantitative estimate of drug-likeness (QED) is 0.772. The molecule has 3 aromatic rings. The van der Waals surface area contributed by atoms with Gasteiger partial charge in [0.1, 0.15) is 11.2 Å². The van der Waals surface area contributed by atoms with Crippen LogP contribution >= 0.6 is 22.7 Å². The zero-order valence-electron chi connectivity index (χ0n) is 12.4. The lowest BCUT2D eigenvalue weighted by molar-refractivity contribution is -0.123. The average molecular weight is 345 g/mol. The van der Waals surface area contributed by atoms with Gasteiger partial charge in [-0.2, -0.15) is 0 Å². The number of ether oxygens (including phenoxy) is 1. The highest BCUT2D eigenvalue weighted by Gasteiger charge is 2.22. The number of hydrogen-bond acceptors (Lipinski definition) is 6. The van der Waals surface area contributed by atoms with E-state index in [0.29, 0.717) is 12.4 Å². The van der Waals surface area contributed by atoms with Gasteiger partial charge in [-0.05, 0) is 36.3 Å². The fraction of sp³-hybridized carbons (Fsp3) is 0.312. The van der Waals surface area contributed by atoms with Gasteiger partial charge in [-0.15, -0.1) is 22.7 Å². The summed E-state index contributed by atoms with van der Waals surface area (Å²) in [6.07, 6.45) is 4.83. The third-order valence-corrected chi connectivity index (χ3v) is 5.92. The molecule has 0 atom stereocenters. The maximum Gasteiger partial charge on any atom is 0.258 e. The minimum absolute atomic E-state index is 0.0257. The van der Waals surface area contributed by atoms with Crippen molar-refractivity contribution in [3.8, 4) is 5.88 Å². The van der Waals surface area contributed by atoms with E-state index in [-0.39, 0.29) is 12.5 Å². The van der Waals surface area contributed by atoms with E-state index >= 15 is 0 Å². The molecular formula is C16H15N3O2S2. The molecule has 118 valence electrons. The Morgan fingerprint density at radius 3 is 3.17 bits per heavy atom. The van der Waals surface area contributed by atoms with E-state index in [1.165, 1.54) is 23.2 Å². The summed E-state index contributed by atoms with van der Waals surface area (Å²) >= 11 is 3.33. The molecule has 0 bridgehead atoms. The highest BCUT2D eigenvalue weighted by atomic mass is 32.1. The monoisotopic (exact) mass is 345 g/mol. The van der Waals surface area contributed by atoms with E-state index < -0.39 is 0 Å². The van der Waals surface area contributed by atoms with E-state index in [1.54, 1.807) is 22.7 Å². The molecule has 0 saturated carbocycles. The zero-order valence-corrected chi connectivity index (χ0v) is 14.0. The number of aryl methyl sites for hydroxylation is 2. The predicted molar refractivity (Wildman–Crippen MR) is 91.1 cm³/mol. The molecular weight excluding hydrogens is 330 g/mol. The second-order valence-electron chi connectivity index (χ2n) is 5.36. The lowest BCUT2D eigenvalue weighted by Gasteiger charge is -2.07. The predicted octanol–water partition coefficient (Wildman–Crippen LogP) is 2.94. The van der Waals surface area contributed by atoms with Crippen LogP contribution in [0.1, 0.15) is 21.7 Å². The summed E-state index contributed by atoms with van der Waals surface area (Å²) in [6.45, 7) is 0.509. The smallest absolute Gasteiger partial charge is 0.258 e. The van der Waals surface area contributed by atoms with E-state index in [0.717, 1.165) is 27.9 Å². The van der Waals surface area contributed by atoms with Crippen LogP contribution in [-0.4, -0.2) is 22.5 Å². The van der Waals surface area contributed by atoms with Crippen LogP contribution in [0, 0.1) is 0 Å². The number of thiophene rings is 2. The molecule has 23 heavy (non-hydrogen) atoms. The molecule has 0 spiro atoms. The SMILES string of the molecule is O=C(COc1ncnc2sc3c(c12)CCC3)NCc1cccs1. The van der Waals surface area contributed by atoms with Crippen LogP contribution < -0.4 is 10.1 Å². The van der Waals surface area contributed by atoms with Crippen LogP contribution in [0.3, 0.4) is 0 Å². The number of aromatic nitrogens is 2. The fourth-order valence-electron chi connectivity index (χ4n) is 2.79. The summed E-state index contributed by atoms with van der Waals surface area (Å²) in [5.41, 5.74) is 1.31. The van der Waals surface area contributed by atoms with Crippen LogP contribution in [0.25, 0.3) is 10.2 Å². The first-order valence-corrected chi connectivity index (χ1v) is 9.18. The Balaban J connectivity index is 1.44. The Hall–Kier alpha value is -1.99. The molecule has 3 heterocycles. The molecule has 4 rings (SSSR count). The van der Waals surface area contributed by atoms with Crippen molar-refractivity contribution in [2.45, 2.75) is 25.8 Å². The number of carbonyl (C=O) groups is 1. The maximum atomic E-state index is 11.9. The summed E-state index contributed by atoms with van der Waals surface area (Å²) < 4.78 is 5.68. The summed E-state index contributed by atoms with van der Waals surface area (Å²) in [4.78, 5) is 24.0. The Kier molecular flexibility index (Phi) is 3.97. The highest BCUT2D eigenvalue weighted by molar-refractivity contribution is 7.19. The van der Waals surface area contributed by atoms with Crippen molar-refractivity contribution in [2.24, 2.45) is 0 Å². The number of nitrogens with zero attached hydrogens (tertiary/aromatic N) is 2. The zero-order chi connectivity index (χ0) is 15.6. The van der Waals surface area contributed by atoms with Crippen molar-refractivity contribution in [3.05, 3.63) is 39.2 Å². The van der Waals surface area contributed by atoms with Crippen LogP contribution in [-0.2, 0) is 24.2 Å².